The topological polar surface area (TPSA) is 52.6 Å². The van der Waals surface area contributed by atoms with Crippen molar-refractivity contribution in [2.75, 3.05) is 13.7 Å². The van der Waals surface area contributed by atoms with E-state index < -0.39 is 12.1 Å². The predicted molar refractivity (Wildman–Crippen MR) is 38.1 cm³/mol. The molecule has 0 aliphatic carbocycles. The Morgan fingerprint density at radius 3 is 2.36 bits per heavy atom. The first-order valence-electron chi connectivity index (χ1n) is 3.26. The summed E-state index contributed by atoms with van der Waals surface area (Å²) in [4.78, 5) is 21.0. The third-order valence-corrected chi connectivity index (χ3v) is 1.07. The maximum absolute atomic E-state index is 10.7. The maximum Gasteiger partial charge on any atom is 0.334 e. The lowest BCUT2D eigenvalue weighted by molar-refractivity contribution is -0.153. The highest BCUT2D eigenvalue weighted by Crippen LogP contribution is 1.92. The van der Waals surface area contributed by atoms with Crippen molar-refractivity contribution in [1.82, 2.24) is 0 Å². The fourth-order valence-corrected chi connectivity index (χ4v) is 0.476. The smallest absolute Gasteiger partial charge is 0.334 e. The molecule has 0 heterocycles. The number of rotatable bonds is 4. The van der Waals surface area contributed by atoms with Crippen molar-refractivity contribution >= 4 is 11.8 Å². The van der Waals surface area contributed by atoms with Gasteiger partial charge in [-0.1, -0.05) is 0 Å². The van der Waals surface area contributed by atoms with Gasteiger partial charge in [0.1, 0.15) is 6.61 Å². The molecule has 0 bridgehead atoms. The number of ketones is 1. The van der Waals surface area contributed by atoms with Gasteiger partial charge in [0.25, 0.3) is 0 Å². The van der Waals surface area contributed by atoms with Crippen LogP contribution in [0, 0.1) is 0 Å². The number of methoxy groups -OCH3 is 1. The van der Waals surface area contributed by atoms with Crippen LogP contribution >= 0.6 is 0 Å². The molecule has 0 rings (SSSR count). The standard InChI is InChI=1S/C7H12O4/c1-5(8)4-11-6(2)7(9)10-3/h6H,4H2,1-3H3. The van der Waals surface area contributed by atoms with Crippen LogP contribution < -0.4 is 0 Å². The van der Waals surface area contributed by atoms with Crippen LogP contribution in [-0.4, -0.2) is 31.6 Å². The van der Waals surface area contributed by atoms with Gasteiger partial charge in [-0.05, 0) is 13.8 Å². The summed E-state index contributed by atoms with van der Waals surface area (Å²) in [6, 6.07) is 0. The number of ether oxygens (including phenoxy) is 2. The first-order chi connectivity index (χ1) is 5.07. The molecular weight excluding hydrogens is 148 g/mol. The molecule has 0 aliphatic rings. The van der Waals surface area contributed by atoms with E-state index >= 15 is 0 Å². The Balaban J connectivity index is 3.60. The van der Waals surface area contributed by atoms with Crippen LogP contribution in [0.3, 0.4) is 0 Å². The van der Waals surface area contributed by atoms with Crippen molar-refractivity contribution in [3.05, 3.63) is 0 Å². The molecule has 1 unspecified atom stereocenters. The molecule has 1 atom stereocenters. The van der Waals surface area contributed by atoms with Crippen molar-refractivity contribution < 1.29 is 19.1 Å². The van der Waals surface area contributed by atoms with E-state index in [9.17, 15) is 9.59 Å². The molecule has 11 heavy (non-hydrogen) atoms. The van der Waals surface area contributed by atoms with Crippen molar-refractivity contribution in [2.24, 2.45) is 0 Å². The van der Waals surface area contributed by atoms with Gasteiger partial charge in [0.15, 0.2) is 11.9 Å². The van der Waals surface area contributed by atoms with E-state index in [2.05, 4.69) is 4.74 Å². The van der Waals surface area contributed by atoms with Crippen LogP contribution in [0.4, 0.5) is 0 Å². The third-order valence-electron chi connectivity index (χ3n) is 1.07. The van der Waals surface area contributed by atoms with Crippen molar-refractivity contribution in [3.63, 3.8) is 0 Å². The van der Waals surface area contributed by atoms with Gasteiger partial charge in [0, 0.05) is 0 Å². The second kappa shape index (κ2) is 4.85. The minimum Gasteiger partial charge on any atom is -0.467 e. The summed E-state index contributed by atoms with van der Waals surface area (Å²) in [5, 5.41) is 0. The van der Waals surface area contributed by atoms with Crippen LogP contribution in [-0.2, 0) is 19.1 Å². The fraction of sp³-hybridized carbons (Fsp3) is 0.714. The minimum atomic E-state index is -0.663. The average Bonchev–Trinajstić information content (AvgIpc) is 1.98. The molecule has 64 valence electrons. The van der Waals surface area contributed by atoms with E-state index in [0.29, 0.717) is 0 Å². The molecule has 0 saturated carbocycles. The zero-order valence-electron chi connectivity index (χ0n) is 6.92. The Bertz CT molecular complexity index is 153. The lowest BCUT2D eigenvalue weighted by Crippen LogP contribution is -2.24. The number of Topliss-reactive ketones (excluding diaryl/α,β-unsaturated/α-hetero) is 1. The lowest BCUT2D eigenvalue weighted by Gasteiger charge is -2.08. The highest BCUT2D eigenvalue weighted by molar-refractivity contribution is 5.78. The van der Waals surface area contributed by atoms with Crippen LogP contribution in [0.25, 0.3) is 0 Å². The third kappa shape index (κ3) is 4.50. The summed E-state index contributed by atoms with van der Waals surface area (Å²) in [6.45, 7) is 2.88. The van der Waals surface area contributed by atoms with E-state index in [1.807, 2.05) is 0 Å². The van der Waals surface area contributed by atoms with Crippen LogP contribution in [0.1, 0.15) is 13.8 Å². The number of carbonyl (C=O) groups is 2. The molecule has 0 spiro atoms. The molecule has 0 radical (unpaired) electrons. The van der Waals surface area contributed by atoms with E-state index in [-0.39, 0.29) is 12.4 Å². The second-order valence-electron chi connectivity index (χ2n) is 2.18. The number of esters is 1. The highest BCUT2D eigenvalue weighted by Gasteiger charge is 2.13. The van der Waals surface area contributed by atoms with Gasteiger partial charge in [0.05, 0.1) is 7.11 Å². The maximum atomic E-state index is 10.7. The summed E-state index contributed by atoms with van der Waals surface area (Å²) < 4.78 is 9.20. The average molecular weight is 160 g/mol. The van der Waals surface area contributed by atoms with Gasteiger partial charge < -0.3 is 9.47 Å². The number of hydrogen-bond donors (Lipinski definition) is 0. The molecule has 0 aliphatic heterocycles. The zero-order valence-corrected chi connectivity index (χ0v) is 6.92. The summed E-state index contributed by atoms with van der Waals surface area (Å²) in [7, 11) is 1.27. The normalized spacial score (nSPS) is 12.3. The Morgan fingerprint density at radius 1 is 1.45 bits per heavy atom. The Hall–Kier alpha value is -0.900. The molecule has 0 N–H and O–H groups in total. The molecule has 0 aromatic carbocycles. The van der Waals surface area contributed by atoms with E-state index in [1.54, 1.807) is 0 Å². The molecule has 0 aromatic heterocycles. The van der Waals surface area contributed by atoms with Gasteiger partial charge in [-0.15, -0.1) is 0 Å². The van der Waals surface area contributed by atoms with Gasteiger partial charge in [-0.3, -0.25) is 4.79 Å². The molecule has 4 nitrogen and oxygen atoms in total. The lowest BCUT2D eigenvalue weighted by atomic mass is 10.4. The summed E-state index contributed by atoms with van der Waals surface area (Å²) in [6.07, 6.45) is -0.663. The van der Waals surface area contributed by atoms with Crippen LogP contribution in [0.2, 0.25) is 0 Å². The van der Waals surface area contributed by atoms with Gasteiger partial charge in [0.2, 0.25) is 0 Å². The first kappa shape index (κ1) is 10.1. The molecule has 0 aromatic rings. The summed E-state index contributed by atoms with van der Waals surface area (Å²) in [5.41, 5.74) is 0. The van der Waals surface area contributed by atoms with E-state index in [1.165, 1.54) is 21.0 Å². The van der Waals surface area contributed by atoms with Crippen molar-refractivity contribution in [2.45, 2.75) is 20.0 Å². The molecule has 0 fully saturated rings. The minimum absolute atomic E-state index is 0.0454. The predicted octanol–water partition coefficient (Wildman–Crippen LogP) is 0.153. The first-order valence-corrected chi connectivity index (χ1v) is 3.26. The van der Waals surface area contributed by atoms with Crippen LogP contribution in [0.15, 0.2) is 0 Å². The molecule has 0 saturated heterocycles. The number of carbonyl (C=O) groups excluding carboxylic acids is 2. The van der Waals surface area contributed by atoms with Crippen molar-refractivity contribution in [3.8, 4) is 0 Å². The number of hydrogen-bond acceptors (Lipinski definition) is 4. The highest BCUT2D eigenvalue weighted by atomic mass is 16.6. The van der Waals surface area contributed by atoms with Crippen molar-refractivity contribution in [1.29, 1.82) is 0 Å². The van der Waals surface area contributed by atoms with Gasteiger partial charge in [-0.25, -0.2) is 4.79 Å². The SMILES string of the molecule is COC(=O)C(C)OCC(C)=O. The zero-order chi connectivity index (χ0) is 8.85. The summed E-state index contributed by atoms with van der Waals surface area (Å²) >= 11 is 0. The van der Waals surface area contributed by atoms with Gasteiger partial charge >= 0.3 is 5.97 Å². The Morgan fingerprint density at radius 2 is 2.00 bits per heavy atom. The molecule has 4 heteroatoms. The quantitative estimate of drug-likeness (QED) is 0.549. The van der Waals surface area contributed by atoms with Crippen LogP contribution in [0.5, 0.6) is 0 Å². The second-order valence-corrected chi connectivity index (χ2v) is 2.18. The van der Waals surface area contributed by atoms with E-state index in [4.69, 9.17) is 4.74 Å². The monoisotopic (exact) mass is 160 g/mol. The largest absolute Gasteiger partial charge is 0.467 e. The molecule has 0 amide bonds. The Kier molecular flexibility index (Phi) is 4.45. The Labute approximate surface area is 65.5 Å². The summed E-state index contributed by atoms with van der Waals surface area (Å²) in [5.74, 6) is -0.577. The van der Waals surface area contributed by atoms with E-state index in [0.717, 1.165) is 0 Å². The fourth-order valence-electron chi connectivity index (χ4n) is 0.476. The molecular formula is C7H12O4. The van der Waals surface area contributed by atoms with Gasteiger partial charge in [-0.2, -0.15) is 0 Å².